The van der Waals surface area contributed by atoms with Gasteiger partial charge in [0, 0.05) is 15.9 Å². The van der Waals surface area contributed by atoms with E-state index in [0.717, 1.165) is 5.69 Å². The third-order valence-corrected chi connectivity index (χ3v) is 1.50. The minimum atomic E-state index is -0.421. The van der Waals surface area contributed by atoms with Gasteiger partial charge in [-0.2, -0.15) is 0 Å². The molecule has 3 nitrogen and oxygen atoms in total. The second kappa shape index (κ2) is 2.36. The Hall–Kier alpha value is -0.350. The summed E-state index contributed by atoms with van der Waals surface area (Å²) < 4.78 is 4.92. The lowest BCUT2D eigenvalue weighted by Crippen LogP contribution is -2.28. The van der Waals surface area contributed by atoms with Crippen molar-refractivity contribution in [3.63, 3.8) is 0 Å². The third kappa shape index (κ3) is 1.58. The lowest BCUT2D eigenvalue weighted by molar-refractivity contribution is 0.510. The van der Waals surface area contributed by atoms with Crippen LogP contribution >= 0.6 is 15.9 Å². The van der Waals surface area contributed by atoms with E-state index < -0.39 is 5.54 Å². The van der Waals surface area contributed by atoms with Gasteiger partial charge < -0.3 is 10.2 Å². The topological polar surface area (TPSA) is 52.0 Å². The molecule has 1 rings (SSSR count). The zero-order valence-corrected chi connectivity index (χ0v) is 7.47. The summed E-state index contributed by atoms with van der Waals surface area (Å²) in [5.41, 5.74) is 6.06. The number of halogens is 1. The molecule has 0 amide bonds. The van der Waals surface area contributed by atoms with Gasteiger partial charge in [-0.1, -0.05) is 0 Å². The standard InChI is InChI=1S/C6H9BrN2O/c1-6(2,8)4-3-10-5(7)9-4/h3H,8H2,1-2H3. The quantitative estimate of drug-likeness (QED) is 0.757. The largest absolute Gasteiger partial charge is 0.439 e. The predicted molar refractivity (Wildman–Crippen MR) is 41.4 cm³/mol. The monoisotopic (exact) mass is 204 g/mol. The average Bonchev–Trinajstić information content (AvgIpc) is 2.11. The maximum Gasteiger partial charge on any atom is 0.264 e. The molecule has 1 aromatic rings. The molecule has 0 spiro atoms. The molecule has 0 radical (unpaired) electrons. The lowest BCUT2D eigenvalue weighted by atomic mass is 10.0. The third-order valence-electron chi connectivity index (χ3n) is 1.14. The fourth-order valence-corrected chi connectivity index (χ4v) is 0.832. The molecule has 1 aromatic heterocycles. The van der Waals surface area contributed by atoms with E-state index in [1.54, 1.807) is 6.26 Å². The molecule has 10 heavy (non-hydrogen) atoms. The molecule has 0 aliphatic carbocycles. The lowest BCUT2D eigenvalue weighted by Gasteiger charge is -2.13. The number of hydrogen-bond donors (Lipinski definition) is 1. The van der Waals surface area contributed by atoms with Gasteiger partial charge in [0.25, 0.3) is 4.80 Å². The van der Waals surface area contributed by atoms with E-state index in [1.807, 2.05) is 13.8 Å². The molecule has 0 bridgehead atoms. The molecular weight excluding hydrogens is 196 g/mol. The first kappa shape index (κ1) is 7.75. The Morgan fingerprint density at radius 3 is 2.50 bits per heavy atom. The highest BCUT2D eigenvalue weighted by Crippen LogP contribution is 2.17. The van der Waals surface area contributed by atoms with E-state index >= 15 is 0 Å². The summed E-state index contributed by atoms with van der Waals surface area (Å²) in [6, 6.07) is 0. The van der Waals surface area contributed by atoms with E-state index in [9.17, 15) is 0 Å². The maximum atomic E-state index is 5.73. The zero-order chi connectivity index (χ0) is 7.78. The maximum absolute atomic E-state index is 5.73. The van der Waals surface area contributed by atoms with Crippen molar-refractivity contribution in [2.75, 3.05) is 0 Å². The van der Waals surface area contributed by atoms with E-state index in [-0.39, 0.29) is 0 Å². The molecule has 0 aliphatic rings. The van der Waals surface area contributed by atoms with Crippen LogP contribution in [0.5, 0.6) is 0 Å². The first-order chi connectivity index (χ1) is 4.50. The molecule has 0 aromatic carbocycles. The van der Waals surface area contributed by atoms with Crippen molar-refractivity contribution < 1.29 is 4.42 Å². The molecule has 4 heteroatoms. The van der Waals surface area contributed by atoms with Gasteiger partial charge in [0.05, 0.1) is 11.2 Å². The van der Waals surface area contributed by atoms with Crippen molar-refractivity contribution in [2.45, 2.75) is 19.4 Å². The Labute approximate surface area is 67.7 Å². The number of rotatable bonds is 1. The molecule has 0 saturated carbocycles. The SMILES string of the molecule is CC(C)(N)c1coc(Br)n1. The van der Waals surface area contributed by atoms with Gasteiger partial charge in [-0.15, -0.1) is 0 Å². The van der Waals surface area contributed by atoms with Crippen molar-refractivity contribution in [1.29, 1.82) is 0 Å². The van der Waals surface area contributed by atoms with Crippen LogP contribution in [0, 0.1) is 0 Å². The van der Waals surface area contributed by atoms with Gasteiger partial charge >= 0.3 is 0 Å². The predicted octanol–water partition coefficient (Wildman–Crippen LogP) is 1.63. The van der Waals surface area contributed by atoms with E-state index in [4.69, 9.17) is 10.2 Å². The molecule has 0 aliphatic heterocycles. The van der Waals surface area contributed by atoms with Crippen LogP contribution in [0.4, 0.5) is 0 Å². The molecule has 0 unspecified atom stereocenters. The molecular formula is C6H9BrN2O. The van der Waals surface area contributed by atoms with Gasteiger partial charge in [-0.25, -0.2) is 4.98 Å². The molecule has 0 fully saturated rings. The van der Waals surface area contributed by atoms with Crippen LogP contribution in [0.3, 0.4) is 0 Å². The normalized spacial score (nSPS) is 12.0. The summed E-state index contributed by atoms with van der Waals surface area (Å²) in [5, 5.41) is 0. The van der Waals surface area contributed by atoms with Crippen LogP contribution in [0.2, 0.25) is 0 Å². The van der Waals surface area contributed by atoms with Crippen LogP contribution in [-0.4, -0.2) is 4.98 Å². The number of nitrogens with zero attached hydrogens (tertiary/aromatic N) is 1. The fraction of sp³-hybridized carbons (Fsp3) is 0.500. The van der Waals surface area contributed by atoms with E-state index in [0.29, 0.717) is 4.80 Å². The number of oxazole rings is 1. The van der Waals surface area contributed by atoms with Crippen LogP contribution in [0.15, 0.2) is 15.5 Å². The van der Waals surface area contributed by atoms with Crippen LogP contribution in [0.25, 0.3) is 0 Å². The van der Waals surface area contributed by atoms with Crippen molar-refractivity contribution in [3.8, 4) is 0 Å². The summed E-state index contributed by atoms with van der Waals surface area (Å²) in [6.45, 7) is 3.74. The molecule has 0 saturated heterocycles. The Morgan fingerprint density at radius 2 is 2.30 bits per heavy atom. The van der Waals surface area contributed by atoms with Crippen molar-refractivity contribution >= 4 is 15.9 Å². The highest BCUT2D eigenvalue weighted by Gasteiger charge is 2.17. The summed E-state index contributed by atoms with van der Waals surface area (Å²) in [7, 11) is 0. The first-order valence-electron chi connectivity index (χ1n) is 2.90. The van der Waals surface area contributed by atoms with Gasteiger partial charge in [0.2, 0.25) is 0 Å². The molecule has 1 heterocycles. The van der Waals surface area contributed by atoms with Crippen LogP contribution in [-0.2, 0) is 5.54 Å². The molecule has 0 atom stereocenters. The molecule has 2 N–H and O–H groups in total. The van der Waals surface area contributed by atoms with Crippen molar-refractivity contribution in [2.24, 2.45) is 5.73 Å². The van der Waals surface area contributed by atoms with Crippen LogP contribution in [0.1, 0.15) is 19.5 Å². The summed E-state index contributed by atoms with van der Waals surface area (Å²) in [4.78, 5) is 4.48. The minimum absolute atomic E-state index is 0.421. The van der Waals surface area contributed by atoms with Crippen molar-refractivity contribution in [3.05, 3.63) is 16.8 Å². The van der Waals surface area contributed by atoms with Gasteiger partial charge in [0.15, 0.2) is 0 Å². The number of aromatic nitrogens is 1. The Morgan fingerprint density at radius 1 is 1.70 bits per heavy atom. The number of hydrogen-bond acceptors (Lipinski definition) is 3. The van der Waals surface area contributed by atoms with Gasteiger partial charge in [-0.05, 0) is 13.8 Å². The van der Waals surface area contributed by atoms with E-state index in [1.165, 1.54) is 0 Å². The van der Waals surface area contributed by atoms with Gasteiger partial charge in [-0.3, -0.25) is 0 Å². The summed E-state index contributed by atoms with van der Waals surface area (Å²) in [5.74, 6) is 0. The average molecular weight is 205 g/mol. The zero-order valence-electron chi connectivity index (χ0n) is 5.89. The summed E-state index contributed by atoms with van der Waals surface area (Å²) >= 11 is 3.09. The van der Waals surface area contributed by atoms with Crippen molar-refractivity contribution in [1.82, 2.24) is 4.98 Å². The molecule has 56 valence electrons. The number of nitrogens with two attached hydrogens (primary N) is 1. The van der Waals surface area contributed by atoms with Crippen LogP contribution < -0.4 is 5.73 Å². The Bertz CT molecular complexity index is 226. The second-order valence-corrected chi connectivity index (χ2v) is 3.39. The highest BCUT2D eigenvalue weighted by atomic mass is 79.9. The fourth-order valence-electron chi connectivity index (χ4n) is 0.548. The minimum Gasteiger partial charge on any atom is -0.439 e. The summed E-state index contributed by atoms with van der Waals surface area (Å²) in [6.07, 6.45) is 1.55. The Kier molecular flexibility index (Phi) is 1.83. The second-order valence-electron chi connectivity index (χ2n) is 2.71. The Balaban J connectivity index is 2.96. The van der Waals surface area contributed by atoms with E-state index in [2.05, 4.69) is 20.9 Å². The first-order valence-corrected chi connectivity index (χ1v) is 3.70. The smallest absolute Gasteiger partial charge is 0.264 e. The highest BCUT2D eigenvalue weighted by molar-refractivity contribution is 9.10. The van der Waals surface area contributed by atoms with Gasteiger partial charge in [0.1, 0.15) is 6.26 Å².